The zero-order chi connectivity index (χ0) is 16.2. The van der Waals surface area contributed by atoms with Crippen LogP contribution in [0.25, 0.3) is 0 Å². The van der Waals surface area contributed by atoms with E-state index < -0.39 is 0 Å². The average molecular weight is 327 g/mol. The molecular weight excluding hydrogens is 308 g/mol. The molecule has 1 fully saturated rings. The molecule has 2 heterocycles. The van der Waals surface area contributed by atoms with Crippen LogP contribution < -0.4 is 5.32 Å². The molecule has 5 heteroatoms. The first-order chi connectivity index (χ1) is 11.2. The van der Waals surface area contributed by atoms with E-state index in [0.29, 0.717) is 22.8 Å². The molecule has 118 valence electrons. The van der Waals surface area contributed by atoms with Crippen molar-refractivity contribution in [3.05, 3.63) is 58.7 Å². The third-order valence-electron chi connectivity index (χ3n) is 4.22. The van der Waals surface area contributed by atoms with Gasteiger partial charge in [-0.25, -0.2) is 4.98 Å². The second-order valence-corrected chi connectivity index (χ2v) is 6.45. The standard InChI is InChI=1S/C18H19ClN4/c1-13-10-23(11-14-5-3-2-4-6-14)12-17(13)22-18-8-7-15(19)16(9-20)21-18/h2-8,13,17H,10-12H2,1H3,(H,21,22). The van der Waals surface area contributed by atoms with Crippen LogP contribution in [0.3, 0.4) is 0 Å². The van der Waals surface area contributed by atoms with Crippen LogP contribution in [0.4, 0.5) is 5.82 Å². The molecule has 0 radical (unpaired) electrons. The zero-order valence-electron chi connectivity index (χ0n) is 13.0. The average Bonchev–Trinajstić information content (AvgIpc) is 2.89. The molecule has 23 heavy (non-hydrogen) atoms. The van der Waals surface area contributed by atoms with Gasteiger partial charge < -0.3 is 5.32 Å². The molecule has 0 bridgehead atoms. The number of nitrogens with one attached hydrogen (secondary N) is 1. The molecule has 2 atom stereocenters. The van der Waals surface area contributed by atoms with Crippen LogP contribution in [0.2, 0.25) is 5.02 Å². The van der Waals surface area contributed by atoms with Gasteiger partial charge in [0.2, 0.25) is 0 Å². The fraction of sp³-hybridized carbons (Fsp3) is 0.333. The number of nitrogens with zero attached hydrogens (tertiary/aromatic N) is 3. The van der Waals surface area contributed by atoms with Gasteiger partial charge in [0.1, 0.15) is 11.9 Å². The van der Waals surface area contributed by atoms with Crippen molar-refractivity contribution in [2.45, 2.75) is 19.5 Å². The zero-order valence-corrected chi connectivity index (χ0v) is 13.8. The highest BCUT2D eigenvalue weighted by Crippen LogP contribution is 2.23. The number of rotatable bonds is 4. The van der Waals surface area contributed by atoms with Crippen molar-refractivity contribution in [3.63, 3.8) is 0 Å². The smallest absolute Gasteiger partial charge is 0.161 e. The molecule has 1 saturated heterocycles. The van der Waals surface area contributed by atoms with Crippen molar-refractivity contribution in [2.75, 3.05) is 18.4 Å². The number of halogens is 1. The summed E-state index contributed by atoms with van der Waals surface area (Å²) in [7, 11) is 0. The number of aromatic nitrogens is 1. The predicted molar refractivity (Wildman–Crippen MR) is 92.3 cm³/mol. The normalized spacial score (nSPS) is 21.1. The van der Waals surface area contributed by atoms with E-state index in [-0.39, 0.29) is 5.69 Å². The van der Waals surface area contributed by atoms with Gasteiger partial charge in [-0.05, 0) is 23.6 Å². The summed E-state index contributed by atoms with van der Waals surface area (Å²) < 4.78 is 0. The van der Waals surface area contributed by atoms with Gasteiger partial charge in [0.25, 0.3) is 0 Å². The van der Waals surface area contributed by atoms with Gasteiger partial charge in [-0.2, -0.15) is 5.26 Å². The van der Waals surface area contributed by atoms with Crippen LogP contribution in [0, 0.1) is 17.2 Å². The topological polar surface area (TPSA) is 52.0 Å². The Morgan fingerprint density at radius 1 is 1.26 bits per heavy atom. The fourth-order valence-corrected chi connectivity index (χ4v) is 3.16. The van der Waals surface area contributed by atoms with Gasteiger partial charge in [-0.1, -0.05) is 48.9 Å². The second-order valence-electron chi connectivity index (χ2n) is 6.05. The quantitative estimate of drug-likeness (QED) is 0.933. The molecule has 1 aliphatic heterocycles. The van der Waals surface area contributed by atoms with Crippen LogP contribution in [-0.4, -0.2) is 29.0 Å². The molecule has 2 unspecified atom stereocenters. The summed E-state index contributed by atoms with van der Waals surface area (Å²) in [5.41, 5.74) is 1.60. The number of pyridine rings is 1. The number of benzene rings is 1. The van der Waals surface area contributed by atoms with Crippen LogP contribution in [0.15, 0.2) is 42.5 Å². The largest absolute Gasteiger partial charge is 0.366 e. The maximum Gasteiger partial charge on any atom is 0.161 e. The lowest BCUT2D eigenvalue weighted by atomic mass is 10.1. The van der Waals surface area contributed by atoms with Crippen molar-refractivity contribution >= 4 is 17.4 Å². The van der Waals surface area contributed by atoms with Crippen LogP contribution >= 0.6 is 11.6 Å². The lowest BCUT2D eigenvalue weighted by Gasteiger charge is -2.18. The van der Waals surface area contributed by atoms with Gasteiger partial charge in [0.15, 0.2) is 5.69 Å². The number of hydrogen-bond acceptors (Lipinski definition) is 4. The molecule has 0 amide bonds. The highest BCUT2D eigenvalue weighted by Gasteiger charge is 2.29. The minimum Gasteiger partial charge on any atom is -0.366 e. The Labute approximate surface area is 141 Å². The number of anilines is 1. The lowest BCUT2D eigenvalue weighted by molar-refractivity contribution is 0.319. The maximum absolute atomic E-state index is 9.03. The molecule has 1 aromatic heterocycles. The Balaban J connectivity index is 1.64. The van der Waals surface area contributed by atoms with E-state index in [9.17, 15) is 0 Å². The van der Waals surface area contributed by atoms with E-state index >= 15 is 0 Å². The number of likely N-dealkylation sites (tertiary alicyclic amines) is 1. The van der Waals surface area contributed by atoms with Gasteiger partial charge in [0.05, 0.1) is 5.02 Å². The first-order valence-corrected chi connectivity index (χ1v) is 8.13. The molecule has 0 aliphatic carbocycles. The van der Waals surface area contributed by atoms with Crippen LogP contribution in [0.1, 0.15) is 18.2 Å². The first-order valence-electron chi connectivity index (χ1n) is 7.75. The predicted octanol–water partition coefficient (Wildman–Crippen LogP) is 3.54. The Morgan fingerprint density at radius 3 is 2.78 bits per heavy atom. The summed E-state index contributed by atoms with van der Waals surface area (Å²) in [6.45, 7) is 5.21. The van der Waals surface area contributed by atoms with Crippen molar-refractivity contribution in [1.82, 2.24) is 9.88 Å². The SMILES string of the molecule is CC1CN(Cc2ccccc2)CC1Nc1ccc(Cl)c(C#N)n1. The highest BCUT2D eigenvalue weighted by molar-refractivity contribution is 6.31. The molecule has 1 aromatic carbocycles. The molecule has 0 saturated carbocycles. The van der Waals surface area contributed by atoms with Crippen molar-refractivity contribution in [3.8, 4) is 6.07 Å². The Kier molecular flexibility index (Phi) is 4.80. The summed E-state index contributed by atoms with van der Waals surface area (Å²) in [5.74, 6) is 1.23. The fourth-order valence-electron chi connectivity index (χ4n) is 3.02. The molecule has 2 aromatic rings. The van der Waals surface area contributed by atoms with E-state index in [2.05, 4.69) is 46.4 Å². The molecule has 0 spiro atoms. The summed E-state index contributed by atoms with van der Waals surface area (Å²) >= 11 is 5.93. The van der Waals surface area contributed by atoms with Crippen LogP contribution in [-0.2, 0) is 6.54 Å². The van der Waals surface area contributed by atoms with E-state index in [0.717, 1.165) is 19.6 Å². The summed E-state index contributed by atoms with van der Waals surface area (Å²) in [4.78, 5) is 6.72. The Hall–Kier alpha value is -2.09. The van der Waals surface area contributed by atoms with Crippen molar-refractivity contribution in [1.29, 1.82) is 5.26 Å². The molecular formula is C18H19ClN4. The van der Waals surface area contributed by atoms with E-state index in [1.807, 2.05) is 18.2 Å². The summed E-state index contributed by atoms with van der Waals surface area (Å²) in [5, 5.41) is 12.9. The third-order valence-corrected chi connectivity index (χ3v) is 4.53. The van der Waals surface area contributed by atoms with E-state index in [1.165, 1.54) is 5.56 Å². The first kappa shape index (κ1) is 15.8. The van der Waals surface area contributed by atoms with Gasteiger partial charge >= 0.3 is 0 Å². The van der Waals surface area contributed by atoms with Crippen molar-refractivity contribution in [2.24, 2.45) is 5.92 Å². The minimum absolute atomic E-state index is 0.267. The molecule has 3 rings (SSSR count). The Morgan fingerprint density at radius 2 is 2.04 bits per heavy atom. The minimum atomic E-state index is 0.267. The lowest BCUT2D eigenvalue weighted by Crippen LogP contribution is -2.28. The van der Waals surface area contributed by atoms with E-state index in [1.54, 1.807) is 6.07 Å². The highest BCUT2D eigenvalue weighted by atomic mass is 35.5. The van der Waals surface area contributed by atoms with Crippen LogP contribution in [0.5, 0.6) is 0 Å². The monoisotopic (exact) mass is 326 g/mol. The Bertz CT molecular complexity index is 711. The summed E-state index contributed by atoms with van der Waals surface area (Å²) in [6, 6.07) is 16.4. The maximum atomic E-state index is 9.03. The van der Waals surface area contributed by atoms with Gasteiger partial charge in [0, 0.05) is 25.7 Å². The van der Waals surface area contributed by atoms with Crippen molar-refractivity contribution < 1.29 is 0 Å². The van der Waals surface area contributed by atoms with Gasteiger partial charge in [-0.3, -0.25) is 4.90 Å². The third kappa shape index (κ3) is 3.82. The van der Waals surface area contributed by atoms with Gasteiger partial charge in [-0.15, -0.1) is 0 Å². The molecule has 1 N–H and O–H groups in total. The second kappa shape index (κ2) is 6.99. The number of hydrogen-bond donors (Lipinski definition) is 1. The summed E-state index contributed by atoms with van der Waals surface area (Å²) in [6.07, 6.45) is 0. The number of nitriles is 1. The molecule has 4 nitrogen and oxygen atoms in total. The van der Waals surface area contributed by atoms with E-state index in [4.69, 9.17) is 16.9 Å². The molecule has 1 aliphatic rings.